The Morgan fingerprint density at radius 2 is 2.03 bits per heavy atom. The van der Waals surface area contributed by atoms with Crippen molar-refractivity contribution in [3.8, 4) is 11.4 Å². The van der Waals surface area contributed by atoms with Crippen LogP contribution in [0.1, 0.15) is 12.5 Å². The SMILES string of the molecule is CCc1ccccc1-n1cnnc1SCC(=O)Nc1ccc(-n2cncn2)c(F)c1. The molecule has 0 fully saturated rings. The summed E-state index contributed by atoms with van der Waals surface area (Å²) in [6, 6.07) is 12.4. The molecule has 0 bridgehead atoms. The van der Waals surface area contributed by atoms with Crippen LogP contribution in [0.25, 0.3) is 11.4 Å². The van der Waals surface area contributed by atoms with Gasteiger partial charge in [-0.15, -0.1) is 10.2 Å². The Morgan fingerprint density at radius 3 is 2.80 bits per heavy atom. The van der Waals surface area contributed by atoms with Crippen LogP contribution in [0.4, 0.5) is 10.1 Å². The highest BCUT2D eigenvalue weighted by atomic mass is 32.2. The van der Waals surface area contributed by atoms with Crippen LogP contribution in [-0.2, 0) is 11.2 Å². The van der Waals surface area contributed by atoms with Crippen LogP contribution in [0.2, 0.25) is 0 Å². The first kappa shape index (κ1) is 19.8. The Bertz CT molecular complexity index is 1160. The fourth-order valence-electron chi connectivity index (χ4n) is 2.96. The third-order valence-electron chi connectivity index (χ3n) is 4.38. The van der Waals surface area contributed by atoms with Gasteiger partial charge in [-0.1, -0.05) is 36.9 Å². The monoisotopic (exact) mass is 423 g/mol. The van der Waals surface area contributed by atoms with Crippen LogP contribution in [0.15, 0.2) is 66.6 Å². The molecule has 0 aliphatic heterocycles. The average Bonchev–Trinajstić information content (AvgIpc) is 3.44. The van der Waals surface area contributed by atoms with Crippen molar-refractivity contribution in [3.63, 3.8) is 0 Å². The fourth-order valence-corrected chi connectivity index (χ4v) is 3.68. The maximum absolute atomic E-state index is 14.3. The van der Waals surface area contributed by atoms with Crippen molar-refractivity contribution in [1.82, 2.24) is 29.5 Å². The van der Waals surface area contributed by atoms with Crippen LogP contribution >= 0.6 is 11.8 Å². The summed E-state index contributed by atoms with van der Waals surface area (Å²) >= 11 is 1.26. The van der Waals surface area contributed by atoms with Crippen molar-refractivity contribution in [2.45, 2.75) is 18.5 Å². The molecule has 4 aromatic rings. The number of carbonyl (C=O) groups is 1. The standard InChI is InChI=1S/C20H18FN7OS/c1-2-14-5-3-4-6-17(14)27-13-23-26-20(27)30-10-19(29)25-15-7-8-18(16(21)9-15)28-12-22-11-24-28/h3-9,11-13H,2,10H2,1H3,(H,25,29). The van der Waals surface area contributed by atoms with Gasteiger partial charge in [0.1, 0.15) is 24.7 Å². The molecule has 0 radical (unpaired) electrons. The summed E-state index contributed by atoms with van der Waals surface area (Å²) in [5.41, 5.74) is 2.76. The molecule has 1 amide bonds. The number of carbonyl (C=O) groups excluding carboxylic acids is 1. The molecular weight excluding hydrogens is 405 g/mol. The fraction of sp³-hybridized carbons (Fsp3) is 0.150. The number of anilines is 1. The van der Waals surface area contributed by atoms with Crippen molar-refractivity contribution in [3.05, 3.63) is 72.8 Å². The van der Waals surface area contributed by atoms with E-state index >= 15 is 0 Å². The molecule has 0 unspecified atom stereocenters. The average molecular weight is 423 g/mol. The minimum absolute atomic E-state index is 0.111. The van der Waals surface area contributed by atoms with Crippen molar-refractivity contribution in [2.75, 3.05) is 11.1 Å². The van der Waals surface area contributed by atoms with Crippen molar-refractivity contribution in [2.24, 2.45) is 0 Å². The zero-order valence-electron chi connectivity index (χ0n) is 16.1. The van der Waals surface area contributed by atoms with E-state index in [1.807, 2.05) is 28.8 Å². The second kappa shape index (κ2) is 8.87. The van der Waals surface area contributed by atoms with Crippen molar-refractivity contribution >= 4 is 23.4 Å². The van der Waals surface area contributed by atoms with Crippen LogP contribution in [0.3, 0.4) is 0 Å². The predicted molar refractivity (Wildman–Crippen MR) is 111 cm³/mol. The van der Waals surface area contributed by atoms with Gasteiger partial charge in [0.25, 0.3) is 0 Å². The highest BCUT2D eigenvalue weighted by Gasteiger charge is 2.13. The third kappa shape index (κ3) is 4.23. The first-order valence-corrected chi connectivity index (χ1v) is 10.2. The molecule has 0 saturated carbocycles. The molecule has 0 saturated heterocycles. The molecule has 152 valence electrons. The number of hydrogen-bond donors (Lipinski definition) is 1. The molecule has 8 nitrogen and oxygen atoms in total. The minimum atomic E-state index is -0.512. The Labute approximate surface area is 176 Å². The lowest BCUT2D eigenvalue weighted by molar-refractivity contribution is -0.113. The lowest BCUT2D eigenvalue weighted by Gasteiger charge is -2.11. The van der Waals surface area contributed by atoms with Crippen molar-refractivity contribution in [1.29, 1.82) is 0 Å². The van der Waals surface area contributed by atoms with Crippen molar-refractivity contribution < 1.29 is 9.18 Å². The molecule has 4 rings (SSSR count). The lowest BCUT2D eigenvalue weighted by Crippen LogP contribution is -2.15. The zero-order chi connectivity index (χ0) is 20.9. The van der Waals surface area contributed by atoms with Crippen LogP contribution in [0, 0.1) is 5.82 Å². The molecule has 30 heavy (non-hydrogen) atoms. The number of thioether (sulfide) groups is 1. The van der Waals surface area contributed by atoms with E-state index in [4.69, 9.17) is 0 Å². The maximum atomic E-state index is 14.3. The van der Waals surface area contributed by atoms with Gasteiger partial charge >= 0.3 is 0 Å². The molecular formula is C20H18FN7OS. The van der Waals surface area contributed by atoms with E-state index in [2.05, 4.69) is 32.5 Å². The lowest BCUT2D eigenvalue weighted by atomic mass is 10.1. The topological polar surface area (TPSA) is 90.5 Å². The van der Waals surface area contributed by atoms with Gasteiger partial charge in [0.05, 0.1) is 11.4 Å². The van der Waals surface area contributed by atoms with E-state index in [1.165, 1.54) is 41.2 Å². The van der Waals surface area contributed by atoms with Gasteiger partial charge in [-0.3, -0.25) is 9.36 Å². The summed E-state index contributed by atoms with van der Waals surface area (Å²) in [6.45, 7) is 2.08. The highest BCUT2D eigenvalue weighted by molar-refractivity contribution is 7.99. The van der Waals surface area contributed by atoms with E-state index < -0.39 is 5.82 Å². The number of para-hydroxylation sites is 1. The maximum Gasteiger partial charge on any atom is 0.234 e. The minimum Gasteiger partial charge on any atom is -0.325 e. The Hall–Kier alpha value is -3.53. The molecule has 2 heterocycles. The molecule has 0 atom stereocenters. The van der Waals surface area contributed by atoms with E-state index in [-0.39, 0.29) is 17.3 Å². The first-order chi connectivity index (χ1) is 14.7. The molecule has 2 aromatic heterocycles. The van der Waals surface area contributed by atoms with Gasteiger partial charge in [-0.05, 0) is 36.2 Å². The largest absolute Gasteiger partial charge is 0.325 e. The number of hydrogen-bond acceptors (Lipinski definition) is 6. The predicted octanol–water partition coefficient (Wildman–Crippen LogP) is 3.28. The number of aryl methyl sites for hydroxylation is 1. The second-order valence-corrected chi connectivity index (χ2v) is 7.25. The first-order valence-electron chi connectivity index (χ1n) is 9.21. The summed E-state index contributed by atoms with van der Waals surface area (Å²) in [4.78, 5) is 16.2. The van der Waals surface area contributed by atoms with Crippen LogP contribution in [-0.4, -0.2) is 41.2 Å². The molecule has 0 spiro atoms. The number of rotatable bonds is 7. The molecule has 2 aromatic carbocycles. The summed E-state index contributed by atoms with van der Waals surface area (Å²) in [7, 11) is 0. The van der Waals surface area contributed by atoms with Gasteiger partial charge in [0.2, 0.25) is 5.91 Å². The number of amides is 1. The van der Waals surface area contributed by atoms with Gasteiger partial charge < -0.3 is 5.32 Å². The van der Waals surface area contributed by atoms with Gasteiger partial charge in [-0.2, -0.15) is 5.10 Å². The molecule has 1 N–H and O–H groups in total. The highest BCUT2D eigenvalue weighted by Crippen LogP contribution is 2.23. The number of aromatic nitrogens is 6. The Morgan fingerprint density at radius 1 is 1.17 bits per heavy atom. The summed E-state index contributed by atoms with van der Waals surface area (Å²) in [5.74, 6) is -0.674. The van der Waals surface area contributed by atoms with Crippen LogP contribution in [0.5, 0.6) is 0 Å². The van der Waals surface area contributed by atoms with Gasteiger partial charge in [0, 0.05) is 5.69 Å². The Kier molecular flexibility index (Phi) is 5.84. The number of benzene rings is 2. The number of nitrogens with zero attached hydrogens (tertiary/aromatic N) is 6. The van der Waals surface area contributed by atoms with E-state index in [9.17, 15) is 9.18 Å². The molecule has 10 heteroatoms. The van der Waals surface area contributed by atoms with Crippen LogP contribution < -0.4 is 5.32 Å². The Balaban J connectivity index is 1.42. The zero-order valence-corrected chi connectivity index (χ0v) is 16.9. The summed E-state index contributed by atoms with van der Waals surface area (Å²) in [5, 5.41) is 15.3. The second-order valence-electron chi connectivity index (χ2n) is 6.31. The smallest absolute Gasteiger partial charge is 0.234 e. The molecule has 0 aliphatic carbocycles. The quantitative estimate of drug-likeness (QED) is 0.459. The molecule has 0 aliphatic rings. The normalized spacial score (nSPS) is 10.9. The van der Waals surface area contributed by atoms with Gasteiger partial charge in [-0.25, -0.2) is 14.1 Å². The van der Waals surface area contributed by atoms with E-state index in [0.717, 1.165) is 17.7 Å². The summed E-state index contributed by atoms with van der Waals surface area (Å²) < 4.78 is 17.5. The van der Waals surface area contributed by atoms with E-state index in [0.29, 0.717) is 10.8 Å². The number of halogens is 1. The summed E-state index contributed by atoms with van der Waals surface area (Å²) in [6.07, 6.45) is 5.23. The van der Waals surface area contributed by atoms with E-state index in [1.54, 1.807) is 12.4 Å². The number of nitrogens with one attached hydrogen (secondary N) is 1. The van der Waals surface area contributed by atoms with Gasteiger partial charge in [0.15, 0.2) is 11.0 Å². The third-order valence-corrected chi connectivity index (χ3v) is 5.32.